The number of alkyl carbamates (subject to hydrolysis) is 2. The molecule has 0 unspecified atom stereocenters. The Labute approximate surface area is 696 Å². The Kier molecular flexibility index (Phi) is 34.1. The minimum absolute atomic E-state index is 0.0524. The fraction of sp³-hybridized carbons (Fsp3) is 0.263. The minimum Gasteiger partial charge on any atom is -0.489 e. The number of carbonyl (C=O) groups excluding carboxylic acids is 2. The molecule has 116 heavy (non-hydrogen) atoms. The van der Waals surface area contributed by atoms with Gasteiger partial charge in [0.05, 0.1) is 95.1 Å². The molecule has 13 rings (SSSR count). The van der Waals surface area contributed by atoms with E-state index in [9.17, 15) is 38.4 Å². The molecule has 0 spiro atoms. The highest BCUT2D eigenvalue weighted by Gasteiger charge is 2.23. The van der Waals surface area contributed by atoms with Crippen LogP contribution in [0.4, 0.5) is 21.5 Å². The molecular weight excluding hydrogens is 1650 g/mol. The monoisotopic (exact) mass is 1720 g/mol. The molecule has 0 radical (unpaired) electrons. The van der Waals surface area contributed by atoms with E-state index in [4.69, 9.17) is 125 Å². The molecule has 608 valence electrons. The van der Waals surface area contributed by atoms with E-state index in [2.05, 4.69) is 55.9 Å². The van der Waals surface area contributed by atoms with Gasteiger partial charge in [-0.25, -0.2) is 14.4 Å². The molecule has 5 aromatic carbocycles. The number of piperidine rings is 2. The highest BCUT2D eigenvalue weighted by Crippen LogP contribution is 2.28. The predicted molar refractivity (Wildman–Crippen MR) is 439 cm³/mol. The van der Waals surface area contributed by atoms with Crippen LogP contribution < -0.4 is 72.9 Å². The van der Waals surface area contributed by atoms with Crippen molar-refractivity contribution in [2.45, 2.75) is 52.4 Å². The topological polar surface area (TPSA) is 396 Å². The van der Waals surface area contributed by atoms with Gasteiger partial charge >= 0.3 is 24.2 Å². The van der Waals surface area contributed by atoms with Crippen LogP contribution in [0.3, 0.4) is 0 Å². The zero-order valence-corrected chi connectivity index (χ0v) is 67.3. The van der Waals surface area contributed by atoms with Gasteiger partial charge in [-0.15, -0.1) is 5.10 Å². The van der Waals surface area contributed by atoms with E-state index in [1.54, 1.807) is 92.7 Å². The van der Waals surface area contributed by atoms with Gasteiger partial charge in [0, 0.05) is 49.9 Å². The molecule has 2 aliphatic heterocycles. The summed E-state index contributed by atoms with van der Waals surface area (Å²) in [5.74, 6) is 1.01. The smallest absolute Gasteiger partial charge is 0.407 e. The summed E-state index contributed by atoms with van der Waals surface area (Å²) in [7, 11) is 0. The molecule has 2 amide bonds. The maximum atomic E-state index is 12.3. The van der Waals surface area contributed by atoms with Gasteiger partial charge in [0.1, 0.15) is 24.8 Å². The number of carboxylic acid groups (broad SMARTS) is 1. The Bertz CT molecular complexity index is 5400. The largest absolute Gasteiger partial charge is 0.489 e. The third-order valence-corrected chi connectivity index (χ3v) is 18.4. The lowest BCUT2D eigenvalue weighted by atomic mass is 10.1. The normalized spacial score (nSPS) is 12.1. The van der Waals surface area contributed by atoms with Gasteiger partial charge in [-0.3, -0.25) is 24.0 Å². The van der Waals surface area contributed by atoms with Crippen LogP contribution in [0.2, 0.25) is 35.2 Å². The van der Waals surface area contributed by atoms with Gasteiger partial charge in [-0.05, 0) is 137 Å². The van der Waals surface area contributed by atoms with Crippen molar-refractivity contribution >= 4 is 111 Å². The molecule has 33 nitrogen and oxygen atoms in total. The van der Waals surface area contributed by atoms with Crippen LogP contribution in [-0.2, 0) is 9.47 Å². The van der Waals surface area contributed by atoms with Crippen molar-refractivity contribution in [1.82, 2.24) is 74.5 Å². The number of rotatable bonds is 23. The van der Waals surface area contributed by atoms with Gasteiger partial charge in [0.2, 0.25) is 17.8 Å². The Morgan fingerprint density at radius 3 is 1.33 bits per heavy atom. The van der Waals surface area contributed by atoms with E-state index in [-0.39, 0.29) is 105 Å². The summed E-state index contributed by atoms with van der Waals surface area (Å²) < 4.78 is 37.1. The first kappa shape index (κ1) is 88.3. The van der Waals surface area contributed by atoms with Gasteiger partial charge in [-0.2, -0.15) is 58.8 Å². The number of halogens is 7. The number of nitrogens with zero attached hydrogens (tertiary/aromatic N) is 15. The quantitative estimate of drug-likeness (QED) is 0.0432. The summed E-state index contributed by atoms with van der Waals surface area (Å²) in [6.45, 7) is 8.97. The van der Waals surface area contributed by atoms with E-state index in [1.165, 1.54) is 77.3 Å². The maximum Gasteiger partial charge on any atom is 0.407 e. The highest BCUT2D eigenvalue weighted by molar-refractivity contribution is 6.41. The van der Waals surface area contributed by atoms with Crippen LogP contribution in [0.5, 0.6) is 29.1 Å². The van der Waals surface area contributed by atoms with Crippen molar-refractivity contribution in [3.8, 4) is 57.6 Å². The van der Waals surface area contributed by atoms with Crippen LogP contribution in [0, 0.1) is 0 Å². The second-order valence-corrected chi connectivity index (χ2v) is 26.8. The summed E-state index contributed by atoms with van der Waals surface area (Å²) in [4.78, 5) is 112. The van der Waals surface area contributed by atoms with E-state index < -0.39 is 40.4 Å². The lowest BCUT2D eigenvalue weighted by Gasteiger charge is -2.30. The first-order valence-electron chi connectivity index (χ1n) is 35.7. The van der Waals surface area contributed by atoms with Crippen LogP contribution in [0.15, 0.2) is 194 Å². The van der Waals surface area contributed by atoms with Crippen molar-refractivity contribution in [3.63, 3.8) is 0 Å². The Morgan fingerprint density at radius 1 is 0.448 bits per heavy atom. The molecule has 2 saturated heterocycles. The number of nitrogens with one attached hydrogen (secondary N) is 2. The van der Waals surface area contributed by atoms with Crippen LogP contribution in [-0.4, -0.2) is 166 Å². The van der Waals surface area contributed by atoms with E-state index in [0.29, 0.717) is 63.5 Å². The summed E-state index contributed by atoms with van der Waals surface area (Å²) in [5, 5.41) is 34.7. The van der Waals surface area contributed by atoms with Crippen LogP contribution >= 0.6 is 81.2 Å². The van der Waals surface area contributed by atoms with Crippen molar-refractivity contribution in [3.05, 3.63) is 263 Å². The summed E-state index contributed by atoms with van der Waals surface area (Å²) in [5.41, 5.74) is 5.81. The van der Waals surface area contributed by atoms with Crippen molar-refractivity contribution in [2.24, 2.45) is 5.73 Å². The molecule has 0 saturated carbocycles. The molecule has 2 fully saturated rings. The standard InChI is InChI=1S/C23H27N7O2.C15H15Cl2N3O4.C15H16ClN3O4.C12H11Cl2N3O2.C11H6Cl2N2O3/c31-20-13-12-19(27-30(20)18-10-4-1-5-11-18)32-23-25-21(28-14-6-2-7-15-28)24-22(26-23)29-16-8-3-9-17-29;1-2-23-15(22)18-7-8-24-12-9-19-20(14(21)13(12)17)11-5-3-10(16)4-6-11;1-2-22-15(21)17-8-9-23-12-10-18-19(14(20)13(12)16)11-6-4-3-5-7-11;13-8-3-1-2-4-9(8)17-12(18)11(14)10(7-16-17)19-6-5-15;12-8-5-14-15(10(16)9(8)13)7-3-1-6(2-4-7)11(17)18/h1,4-5,10-13H,2-3,6-9,14-17H2;3-6,9H,2,7-8H2,1H3,(H,18,22);3-7,10H,2,8-9H2,1H3,(H,17,21);1-4,7H,5-6,15H2;1-5H,(H,17,18). The number of carbonyl (C=O) groups is 3. The number of hydrogen-bond acceptors (Lipinski definition) is 25. The van der Waals surface area contributed by atoms with Crippen LogP contribution in [0.1, 0.15) is 62.7 Å². The number of amides is 2. The average molecular weight is 1730 g/mol. The molecule has 0 bridgehead atoms. The summed E-state index contributed by atoms with van der Waals surface area (Å²) in [6, 6.07) is 40.5. The van der Waals surface area contributed by atoms with E-state index >= 15 is 0 Å². The van der Waals surface area contributed by atoms with E-state index in [1.807, 2.05) is 36.4 Å². The van der Waals surface area contributed by atoms with Gasteiger partial charge in [-0.1, -0.05) is 130 Å². The average Bonchev–Trinajstić information content (AvgIpc) is 0.850. The fourth-order valence-electron chi connectivity index (χ4n) is 10.5. The molecule has 5 N–H and O–H groups in total. The third kappa shape index (κ3) is 25.2. The molecule has 0 atom stereocenters. The van der Waals surface area contributed by atoms with Crippen LogP contribution in [0.25, 0.3) is 28.4 Å². The molecule has 40 heteroatoms. The molecule has 8 heterocycles. The zero-order chi connectivity index (χ0) is 83.0. The highest BCUT2D eigenvalue weighted by atomic mass is 35.5. The first-order chi connectivity index (χ1) is 56.1. The molecule has 11 aromatic rings. The molecule has 0 aliphatic carbocycles. The second kappa shape index (κ2) is 44.8. The lowest BCUT2D eigenvalue weighted by molar-refractivity contribution is 0.0696. The van der Waals surface area contributed by atoms with Gasteiger partial charge < -0.3 is 59.7 Å². The Balaban J connectivity index is 0.000000168. The maximum absolute atomic E-state index is 12.3. The first-order valence-corrected chi connectivity index (χ1v) is 38.4. The number of ether oxygens (including phenoxy) is 6. The van der Waals surface area contributed by atoms with E-state index in [0.717, 1.165) is 65.9 Å². The lowest BCUT2D eigenvalue weighted by Crippen LogP contribution is -2.34. The number of aromatic nitrogens is 13. The molecule has 6 aromatic heterocycles. The van der Waals surface area contributed by atoms with Crippen molar-refractivity contribution in [2.75, 3.05) is 88.6 Å². The SMILES string of the molecule is CCOC(=O)NCCOc1cnn(-c2ccc(Cl)cc2)c(=O)c1Cl.CCOC(=O)NCCOc1cnn(-c2ccccc2)c(=O)c1Cl.NCCOc1cnn(-c2ccccc2Cl)c(=O)c1Cl.O=C(O)c1ccc(-n2ncc(Cl)c(Cl)c2=O)cc1.O=c1ccc(Oc2nc(N3CCCCC3)nc(N3CCCCC3)n2)nn1-c1ccccc1. The van der Waals surface area contributed by atoms with Crippen molar-refractivity contribution < 1.29 is 47.9 Å². The Morgan fingerprint density at radius 2 is 0.862 bits per heavy atom. The zero-order valence-electron chi connectivity index (χ0n) is 62.0. The summed E-state index contributed by atoms with van der Waals surface area (Å²) in [6.07, 6.45) is 11.2. The van der Waals surface area contributed by atoms with Crippen molar-refractivity contribution in [1.29, 1.82) is 0 Å². The Hall–Kier alpha value is -11.7. The number of aromatic carboxylic acids is 1. The number of anilines is 2. The molecular formula is C76H75Cl7N18O15. The number of hydrogen-bond donors (Lipinski definition) is 4. The molecule has 2 aliphatic rings. The fourth-order valence-corrected chi connectivity index (χ4v) is 11.7. The minimum atomic E-state index is -1.05. The number of benzene rings is 5. The third-order valence-electron chi connectivity index (χ3n) is 16.1. The second-order valence-electron chi connectivity index (χ2n) is 24.1. The van der Waals surface area contributed by atoms with Gasteiger partial charge in [0.25, 0.3) is 27.8 Å². The number of para-hydroxylation sites is 3. The predicted octanol–water partition coefficient (Wildman–Crippen LogP) is 12.0. The number of nitrogens with two attached hydrogens (primary N) is 1. The summed E-state index contributed by atoms with van der Waals surface area (Å²) >= 11 is 41.2. The van der Waals surface area contributed by atoms with Gasteiger partial charge in [0.15, 0.2) is 32.3 Å². The number of carboxylic acids is 1.